The summed E-state index contributed by atoms with van der Waals surface area (Å²) in [5.41, 5.74) is 1.19. The molecule has 3 rings (SSSR count). The molecule has 1 aliphatic heterocycles. The summed E-state index contributed by atoms with van der Waals surface area (Å²) < 4.78 is 0. The number of nitrogens with one attached hydrogen (secondary N) is 1. The quantitative estimate of drug-likeness (QED) is 0.942. The largest absolute Gasteiger partial charge is 0.355 e. The van der Waals surface area contributed by atoms with Crippen molar-refractivity contribution in [2.75, 3.05) is 18.0 Å². The molecule has 0 aliphatic carbocycles. The fourth-order valence-corrected chi connectivity index (χ4v) is 2.67. The molecule has 0 spiro atoms. The predicted molar refractivity (Wildman–Crippen MR) is 86.1 cm³/mol. The van der Waals surface area contributed by atoms with Crippen LogP contribution in [0.4, 0.5) is 5.82 Å². The maximum atomic E-state index is 12.1. The van der Waals surface area contributed by atoms with Crippen LogP contribution in [-0.4, -0.2) is 29.2 Å². The van der Waals surface area contributed by atoms with E-state index >= 15 is 0 Å². The lowest BCUT2D eigenvalue weighted by molar-refractivity contribution is 0.0945. The molecule has 1 aliphatic rings. The van der Waals surface area contributed by atoms with E-state index in [1.54, 1.807) is 12.1 Å². The van der Waals surface area contributed by atoms with Crippen LogP contribution in [0.5, 0.6) is 0 Å². The number of carbonyl (C=O) groups is 1. The molecule has 1 amide bonds. The Morgan fingerprint density at radius 3 is 2.59 bits per heavy atom. The van der Waals surface area contributed by atoms with E-state index in [0.29, 0.717) is 17.3 Å². The van der Waals surface area contributed by atoms with Gasteiger partial charge in [-0.05, 0) is 36.6 Å². The highest BCUT2D eigenvalue weighted by Crippen LogP contribution is 2.17. The Bertz CT molecular complexity index is 653. The number of hydrogen-bond donors (Lipinski definition) is 1. The minimum atomic E-state index is -0.250. The molecule has 1 aromatic heterocycles. The van der Waals surface area contributed by atoms with Gasteiger partial charge >= 0.3 is 0 Å². The lowest BCUT2D eigenvalue weighted by Gasteiger charge is -2.15. The molecule has 1 saturated heterocycles. The van der Waals surface area contributed by atoms with Crippen LogP contribution < -0.4 is 10.2 Å². The molecule has 2 aromatic rings. The zero-order valence-corrected chi connectivity index (χ0v) is 12.9. The fraction of sp³-hybridized carbons (Fsp3) is 0.312. The van der Waals surface area contributed by atoms with Gasteiger partial charge in [0.2, 0.25) is 0 Å². The van der Waals surface area contributed by atoms with Crippen molar-refractivity contribution in [2.24, 2.45) is 0 Å². The molecule has 0 bridgehead atoms. The van der Waals surface area contributed by atoms with Crippen molar-refractivity contribution < 1.29 is 4.79 Å². The first kappa shape index (κ1) is 14.8. The van der Waals surface area contributed by atoms with E-state index in [0.717, 1.165) is 24.5 Å². The molecule has 0 atom stereocenters. The maximum Gasteiger partial charge on any atom is 0.272 e. The molecule has 0 saturated carbocycles. The molecule has 0 radical (unpaired) electrons. The first-order chi connectivity index (χ1) is 10.7. The van der Waals surface area contributed by atoms with Gasteiger partial charge in [0.15, 0.2) is 11.5 Å². The SMILES string of the molecule is O=C(NCc1ccccc1Cl)c1ccc(N2CCCC2)nn1. The Kier molecular flexibility index (Phi) is 4.53. The summed E-state index contributed by atoms with van der Waals surface area (Å²) in [6, 6.07) is 11.0. The molecular weight excluding hydrogens is 300 g/mol. The normalized spacial score (nSPS) is 14.1. The van der Waals surface area contributed by atoms with E-state index in [1.807, 2.05) is 24.3 Å². The minimum absolute atomic E-state index is 0.250. The third kappa shape index (κ3) is 3.36. The minimum Gasteiger partial charge on any atom is -0.355 e. The van der Waals surface area contributed by atoms with Crippen molar-refractivity contribution in [1.82, 2.24) is 15.5 Å². The maximum absolute atomic E-state index is 12.1. The van der Waals surface area contributed by atoms with E-state index < -0.39 is 0 Å². The van der Waals surface area contributed by atoms with E-state index in [-0.39, 0.29) is 5.91 Å². The smallest absolute Gasteiger partial charge is 0.272 e. The number of nitrogens with zero attached hydrogens (tertiary/aromatic N) is 3. The highest BCUT2D eigenvalue weighted by atomic mass is 35.5. The van der Waals surface area contributed by atoms with Crippen LogP contribution in [0.2, 0.25) is 5.02 Å². The Hall–Kier alpha value is -2.14. The van der Waals surface area contributed by atoms with Crippen LogP contribution >= 0.6 is 11.6 Å². The van der Waals surface area contributed by atoms with Gasteiger partial charge in [0.1, 0.15) is 0 Å². The van der Waals surface area contributed by atoms with Crippen molar-refractivity contribution in [2.45, 2.75) is 19.4 Å². The van der Waals surface area contributed by atoms with E-state index in [1.165, 1.54) is 12.8 Å². The number of rotatable bonds is 4. The van der Waals surface area contributed by atoms with Crippen molar-refractivity contribution in [3.63, 3.8) is 0 Å². The Morgan fingerprint density at radius 2 is 1.91 bits per heavy atom. The number of carbonyl (C=O) groups excluding carboxylic acids is 1. The van der Waals surface area contributed by atoms with E-state index in [9.17, 15) is 4.79 Å². The van der Waals surface area contributed by atoms with Crippen LogP contribution in [0.3, 0.4) is 0 Å². The molecule has 114 valence electrons. The van der Waals surface area contributed by atoms with Gasteiger partial charge in [-0.2, -0.15) is 0 Å². The lowest BCUT2D eigenvalue weighted by Crippen LogP contribution is -2.25. The van der Waals surface area contributed by atoms with Crippen LogP contribution in [0, 0.1) is 0 Å². The van der Waals surface area contributed by atoms with Crippen LogP contribution in [0.15, 0.2) is 36.4 Å². The van der Waals surface area contributed by atoms with Gasteiger partial charge < -0.3 is 10.2 Å². The van der Waals surface area contributed by atoms with Crippen molar-refractivity contribution >= 4 is 23.3 Å². The average molecular weight is 317 g/mol. The van der Waals surface area contributed by atoms with Gasteiger partial charge in [0.25, 0.3) is 5.91 Å². The Balaban J connectivity index is 1.61. The molecule has 1 fully saturated rings. The number of aromatic nitrogens is 2. The summed E-state index contributed by atoms with van der Waals surface area (Å²) in [7, 11) is 0. The molecule has 6 heteroatoms. The highest BCUT2D eigenvalue weighted by Gasteiger charge is 2.15. The van der Waals surface area contributed by atoms with Gasteiger partial charge in [-0.3, -0.25) is 4.79 Å². The fourth-order valence-electron chi connectivity index (χ4n) is 2.47. The van der Waals surface area contributed by atoms with Gasteiger partial charge in [-0.15, -0.1) is 10.2 Å². The second-order valence-corrected chi connectivity index (χ2v) is 5.65. The lowest BCUT2D eigenvalue weighted by atomic mass is 10.2. The van der Waals surface area contributed by atoms with Gasteiger partial charge in [0, 0.05) is 24.7 Å². The third-order valence-corrected chi connectivity index (χ3v) is 4.08. The van der Waals surface area contributed by atoms with Crippen molar-refractivity contribution in [1.29, 1.82) is 0 Å². The van der Waals surface area contributed by atoms with Gasteiger partial charge in [-0.1, -0.05) is 29.8 Å². The number of benzene rings is 1. The zero-order valence-electron chi connectivity index (χ0n) is 12.1. The zero-order chi connectivity index (χ0) is 15.4. The number of amides is 1. The van der Waals surface area contributed by atoms with Crippen LogP contribution in [-0.2, 0) is 6.54 Å². The first-order valence-electron chi connectivity index (χ1n) is 7.34. The molecule has 1 aromatic carbocycles. The molecular formula is C16H17ClN4O. The van der Waals surface area contributed by atoms with Crippen molar-refractivity contribution in [3.8, 4) is 0 Å². The van der Waals surface area contributed by atoms with Gasteiger partial charge in [0.05, 0.1) is 0 Å². The first-order valence-corrected chi connectivity index (χ1v) is 7.72. The topological polar surface area (TPSA) is 58.1 Å². The predicted octanol–water partition coefficient (Wildman–Crippen LogP) is 2.66. The monoisotopic (exact) mass is 316 g/mol. The third-order valence-electron chi connectivity index (χ3n) is 3.71. The summed E-state index contributed by atoms with van der Waals surface area (Å²) in [6.45, 7) is 2.38. The summed E-state index contributed by atoms with van der Waals surface area (Å²) in [6.07, 6.45) is 2.36. The summed E-state index contributed by atoms with van der Waals surface area (Å²) in [5, 5.41) is 11.6. The average Bonchev–Trinajstić information content (AvgIpc) is 3.08. The second kappa shape index (κ2) is 6.75. The number of hydrogen-bond acceptors (Lipinski definition) is 4. The Labute approximate surface area is 134 Å². The molecule has 22 heavy (non-hydrogen) atoms. The molecule has 1 N–H and O–H groups in total. The van der Waals surface area contributed by atoms with E-state index in [2.05, 4.69) is 20.4 Å². The summed E-state index contributed by atoms with van der Waals surface area (Å²) in [4.78, 5) is 14.3. The molecule has 0 unspecified atom stereocenters. The van der Waals surface area contributed by atoms with Crippen molar-refractivity contribution in [3.05, 3.63) is 52.7 Å². The standard InChI is InChI=1S/C16H17ClN4O/c17-13-6-2-1-5-12(13)11-18-16(22)14-7-8-15(20-19-14)21-9-3-4-10-21/h1-2,5-8H,3-4,9-11H2,(H,18,22). The van der Waals surface area contributed by atoms with Crippen LogP contribution in [0.1, 0.15) is 28.9 Å². The molecule has 2 heterocycles. The second-order valence-electron chi connectivity index (χ2n) is 5.25. The Morgan fingerprint density at radius 1 is 1.14 bits per heavy atom. The summed E-state index contributed by atoms with van der Waals surface area (Å²) >= 11 is 6.06. The van der Waals surface area contributed by atoms with Crippen LogP contribution in [0.25, 0.3) is 0 Å². The molecule has 5 nitrogen and oxygen atoms in total. The number of halogens is 1. The summed E-state index contributed by atoms with van der Waals surface area (Å²) in [5.74, 6) is 0.584. The van der Waals surface area contributed by atoms with E-state index in [4.69, 9.17) is 11.6 Å². The highest BCUT2D eigenvalue weighted by molar-refractivity contribution is 6.31. The van der Waals surface area contributed by atoms with Gasteiger partial charge in [-0.25, -0.2) is 0 Å². The number of anilines is 1.